The van der Waals surface area contributed by atoms with Gasteiger partial charge in [0.25, 0.3) is 0 Å². The van der Waals surface area contributed by atoms with Gasteiger partial charge in [-0.1, -0.05) is 188 Å². The van der Waals surface area contributed by atoms with Crippen molar-refractivity contribution in [1.29, 1.82) is 0 Å². The molecule has 0 radical (unpaired) electrons. The molecular weight excluding hydrogens is 845 g/mol. The first-order chi connectivity index (χ1) is 34.2. The molecule has 2 heterocycles. The number of phenolic OH excluding ortho intramolecular Hbond substituents is 1. The summed E-state index contributed by atoms with van der Waals surface area (Å²) in [4.78, 5) is 4.46. The third kappa shape index (κ3) is 6.70. The third-order valence-corrected chi connectivity index (χ3v) is 13.4. The van der Waals surface area contributed by atoms with Crippen molar-refractivity contribution in [3.05, 3.63) is 249 Å². The highest BCUT2D eigenvalue weighted by Gasteiger charge is 2.25. The molecule has 1 N–H and O–H groups in total. The van der Waals surface area contributed by atoms with Gasteiger partial charge in [0.15, 0.2) is 11.2 Å². The fourth-order valence-corrected chi connectivity index (χ4v) is 10.2. The van der Waals surface area contributed by atoms with Crippen LogP contribution in [-0.2, 0) is 0 Å². The maximum Gasteiger partial charge on any atom is 0.159 e. The minimum absolute atomic E-state index is 0.163. The summed E-state index contributed by atoms with van der Waals surface area (Å²) in [5, 5.41) is 18.5. The molecule has 11 aromatic carbocycles. The van der Waals surface area contributed by atoms with Crippen LogP contribution in [0.2, 0.25) is 0 Å². The average Bonchev–Trinajstić information content (AvgIpc) is 4.00. The highest BCUT2D eigenvalue weighted by molar-refractivity contribution is 6.16. The van der Waals surface area contributed by atoms with E-state index in [4.69, 9.17) is 8.83 Å². The predicted molar refractivity (Wildman–Crippen MR) is 286 cm³/mol. The van der Waals surface area contributed by atoms with E-state index in [2.05, 4.69) is 210 Å². The normalized spacial score (nSPS) is 11.5. The van der Waals surface area contributed by atoms with Crippen LogP contribution in [-0.4, -0.2) is 5.11 Å². The van der Waals surface area contributed by atoms with E-state index < -0.39 is 0 Å². The summed E-state index contributed by atoms with van der Waals surface area (Å²) in [5.74, 6) is 0.163. The lowest BCUT2D eigenvalue weighted by Crippen LogP contribution is -2.11. The molecule has 0 atom stereocenters. The molecule has 0 unspecified atom stereocenters. The van der Waals surface area contributed by atoms with Crippen molar-refractivity contribution in [2.45, 2.75) is 0 Å². The topological polar surface area (TPSA) is 53.0 Å². The Hall–Kier alpha value is -9.32. The quantitative estimate of drug-likeness (QED) is 0.156. The van der Waals surface area contributed by atoms with Crippen LogP contribution in [0.1, 0.15) is 0 Å². The van der Waals surface area contributed by atoms with Gasteiger partial charge >= 0.3 is 0 Å². The number of nitrogens with zero attached hydrogens (tertiary/aromatic N) is 2. The molecule has 0 spiro atoms. The molecule has 0 bridgehead atoms. The Balaban J connectivity index is 0.947. The number of anilines is 6. The van der Waals surface area contributed by atoms with Gasteiger partial charge in [-0.2, -0.15) is 0 Å². The first-order valence-electron chi connectivity index (χ1n) is 23.2. The largest absolute Gasteiger partial charge is 0.507 e. The summed E-state index contributed by atoms with van der Waals surface area (Å²) in [6, 6.07) is 85.6. The van der Waals surface area contributed by atoms with Crippen LogP contribution in [0.15, 0.2) is 258 Å². The lowest BCUT2D eigenvalue weighted by molar-refractivity contribution is 0.477. The van der Waals surface area contributed by atoms with Crippen LogP contribution >= 0.6 is 0 Å². The maximum atomic E-state index is 12.3. The van der Waals surface area contributed by atoms with E-state index in [9.17, 15) is 5.11 Å². The summed E-state index contributed by atoms with van der Waals surface area (Å²) in [6.07, 6.45) is 0. The number of fused-ring (bicyclic) bond motifs is 7. The summed E-state index contributed by atoms with van der Waals surface area (Å²) < 4.78 is 13.9. The monoisotopic (exact) mass is 886 g/mol. The van der Waals surface area contributed by atoms with E-state index in [-0.39, 0.29) is 5.75 Å². The first kappa shape index (κ1) is 40.0. The minimum atomic E-state index is 0.163. The number of aromatic hydroxyl groups is 1. The molecular formula is C64H42N2O3. The van der Waals surface area contributed by atoms with Crippen molar-refractivity contribution >= 4 is 88.8 Å². The third-order valence-electron chi connectivity index (χ3n) is 13.4. The number of hydrogen-bond donors (Lipinski definition) is 1. The van der Waals surface area contributed by atoms with Crippen LogP contribution in [0.4, 0.5) is 34.1 Å². The summed E-state index contributed by atoms with van der Waals surface area (Å²) in [5.41, 5.74) is 14.7. The molecule has 0 saturated heterocycles. The predicted octanol–water partition coefficient (Wildman–Crippen LogP) is 18.3. The van der Waals surface area contributed by atoms with E-state index in [1.165, 1.54) is 0 Å². The number of rotatable bonds is 9. The fourth-order valence-electron chi connectivity index (χ4n) is 10.2. The molecule has 2 aromatic heterocycles. The second kappa shape index (κ2) is 16.5. The van der Waals surface area contributed by atoms with Gasteiger partial charge in [0.2, 0.25) is 0 Å². The van der Waals surface area contributed by atoms with E-state index in [1.54, 1.807) is 0 Å². The number of phenols is 1. The Labute approximate surface area is 398 Å². The van der Waals surface area contributed by atoms with Gasteiger partial charge in [-0.05, 0) is 76.7 Å². The molecule has 13 rings (SSSR count). The van der Waals surface area contributed by atoms with Crippen molar-refractivity contribution in [2.75, 3.05) is 9.80 Å². The Bertz CT molecular complexity index is 4030. The van der Waals surface area contributed by atoms with Crippen LogP contribution < -0.4 is 9.80 Å². The second-order valence-electron chi connectivity index (χ2n) is 17.3. The van der Waals surface area contributed by atoms with Crippen molar-refractivity contribution in [2.24, 2.45) is 0 Å². The van der Waals surface area contributed by atoms with Crippen molar-refractivity contribution in [1.82, 2.24) is 0 Å². The molecule has 0 fully saturated rings. The summed E-state index contributed by atoms with van der Waals surface area (Å²) in [6.45, 7) is 0. The van der Waals surface area contributed by atoms with E-state index in [0.717, 1.165) is 122 Å². The van der Waals surface area contributed by atoms with Crippen LogP contribution in [0.3, 0.4) is 0 Å². The molecule has 0 aliphatic heterocycles. The van der Waals surface area contributed by atoms with E-state index in [1.807, 2.05) is 48.5 Å². The SMILES string of the molecule is Oc1cc(N(c2ccccc2)c2cccc3c2oc2c(-c4ccccc4)cccc23)ccc1-c1ccc(N(c2ccccc2)c2cccc3c2oc2c(-c4ccccc4)cccc23)c2ccccc12. The summed E-state index contributed by atoms with van der Waals surface area (Å²) >= 11 is 0. The van der Waals surface area contributed by atoms with Gasteiger partial charge in [-0.15, -0.1) is 0 Å². The van der Waals surface area contributed by atoms with Gasteiger partial charge in [-0.25, -0.2) is 0 Å². The van der Waals surface area contributed by atoms with Gasteiger partial charge in [0.05, 0.1) is 17.1 Å². The van der Waals surface area contributed by atoms with Gasteiger partial charge in [0, 0.05) is 66.8 Å². The van der Waals surface area contributed by atoms with Gasteiger partial charge < -0.3 is 23.7 Å². The molecule has 5 nitrogen and oxygen atoms in total. The Kier molecular flexibility index (Phi) is 9.58. The fraction of sp³-hybridized carbons (Fsp3) is 0. The zero-order valence-electron chi connectivity index (χ0n) is 37.3. The van der Waals surface area contributed by atoms with Crippen molar-refractivity contribution < 1.29 is 13.9 Å². The van der Waals surface area contributed by atoms with Crippen molar-refractivity contribution in [3.8, 4) is 39.1 Å². The smallest absolute Gasteiger partial charge is 0.159 e. The van der Waals surface area contributed by atoms with Gasteiger partial charge in [0.1, 0.15) is 16.9 Å². The Morgan fingerprint density at radius 2 is 0.681 bits per heavy atom. The number of para-hydroxylation sites is 6. The Morgan fingerprint density at radius 1 is 0.261 bits per heavy atom. The van der Waals surface area contributed by atoms with E-state index in [0.29, 0.717) is 0 Å². The maximum absolute atomic E-state index is 12.3. The zero-order chi connectivity index (χ0) is 45.8. The second-order valence-corrected chi connectivity index (χ2v) is 17.3. The zero-order valence-corrected chi connectivity index (χ0v) is 37.3. The lowest BCUT2D eigenvalue weighted by Gasteiger charge is -2.28. The highest BCUT2D eigenvalue weighted by atomic mass is 16.3. The van der Waals surface area contributed by atoms with E-state index >= 15 is 0 Å². The first-order valence-corrected chi connectivity index (χ1v) is 23.2. The molecule has 0 aliphatic carbocycles. The molecule has 0 saturated carbocycles. The highest BCUT2D eigenvalue weighted by Crippen LogP contribution is 2.49. The molecule has 13 aromatic rings. The number of furan rings is 2. The van der Waals surface area contributed by atoms with Crippen LogP contribution in [0.25, 0.3) is 88.0 Å². The average molecular weight is 887 g/mol. The molecule has 0 amide bonds. The van der Waals surface area contributed by atoms with Crippen molar-refractivity contribution in [3.63, 3.8) is 0 Å². The molecule has 5 heteroatoms. The summed E-state index contributed by atoms with van der Waals surface area (Å²) in [7, 11) is 0. The van der Waals surface area contributed by atoms with Gasteiger partial charge in [-0.3, -0.25) is 0 Å². The number of hydrogen-bond acceptors (Lipinski definition) is 5. The standard InChI is InChI=1S/C64H42N2O3/c67-60-41-46(65(44-23-9-3-10-24-44)58-35-17-33-55-53-31-15-29-47(61(53)68-63(55)58)42-19-5-1-6-20-42)37-38-52(60)50-39-40-57(51-28-14-13-27-49(50)51)66(45-25-11-4-12-26-45)59-36-18-34-56-54-32-16-30-48(62(54)69-64(56)59)43-21-7-2-8-22-43/h1-41,67H. The van der Waals surface area contributed by atoms with Crippen LogP contribution in [0, 0.1) is 0 Å². The molecule has 69 heavy (non-hydrogen) atoms. The molecule has 326 valence electrons. The molecule has 0 aliphatic rings. The lowest BCUT2D eigenvalue weighted by atomic mass is 9.95. The van der Waals surface area contributed by atoms with Crippen LogP contribution in [0.5, 0.6) is 5.75 Å². The Morgan fingerprint density at radius 3 is 1.22 bits per heavy atom. The minimum Gasteiger partial charge on any atom is -0.507 e. The number of benzene rings is 11.